The summed E-state index contributed by atoms with van der Waals surface area (Å²) >= 11 is 1.48. The second-order valence-electron chi connectivity index (χ2n) is 3.03. The largest absolute Gasteiger partial charge is 0.294 e. The Morgan fingerprint density at radius 3 is 2.86 bits per heavy atom. The minimum Gasteiger partial charge on any atom is -0.294 e. The Bertz CT molecular complexity index is 442. The van der Waals surface area contributed by atoms with Gasteiger partial charge in [0.15, 0.2) is 5.78 Å². The summed E-state index contributed by atoms with van der Waals surface area (Å²) in [5, 5.41) is 1.99. The molecule has 0 fully saturated rings. The first kappa shape index (κ1) is 9.16. The van der Waals surface area contributed by atoms with Gasteiger partial charge in [-0.3, -0.25) is 4.79 Å². The molecule has 0 bridgehead atoms. The minimum absolute atomic E-state index is 0.122. The number of thiophene rings is 1. The van der Waals surface area contributed by atoms with Crippen LogP contribution in [0.15, 0.2) is 35.7 Å². The first-order valence-electron chi connectivity index (χ1n) is 4.34. The van der Waals surface area contributed by atoms with Gasteiger partial charge < -0.3 is 0 Å². The zero-order chi connectivity index (χ0) is 9.97. The Kier molecular flexibility index (Phi) is 2.46. The van der Waals surface area contributed by atoms with Gasteiger partial charge in [-0.25, -0.2) is 0 Å². The fourth-order valence-corrected chi connectivity index (χ4v) is 2.04. The monoisotopic (exact) mass is 201 g/mol. The van der Waals surface area contributed by atoms with Crippen LogP contribution >= 0.6 is 11.3 Å². The minimum atomic E-state index is 0.122. The Balaban J connectivity index is 2.39. The fraction of sp³-hybridized carbons (Fsp3) is 0.0833. The van der Waals surface area contributed by atoms with Crippen molar-refractivity contribution in [1.29, 1.82) is 0 Å². The van der Waals surface area contributed by atoms with Gasteiger partial charge in [0.2, 0.25) is 0 Å². The van der Waals surface area contributed by atoms with E-state index in [4.69, 9.17) is 0 Å². The van der Waals surface area contributed by atoms with Crippen molar-refractivity contribution in [3.05, 3.63) is 46.7 Å². The highest BCUT2D eigenvalue weighted by molar-refractivity contribution is 7.12. The van der Waals surface area contributed by atoms with Crippen molar-refractivity contribution in [3.63, 3.8) is 0 Å². The van der Waals surface area contributed by atoms with Crippen LogP contribution in [-0.4, -0.2) is 5.78 Å². The third kappa shape index (κ3) is 1.75. The van der Waals surface area contributed by atoms with Crippen LogP contribution in [0.25, 0.3) is 11.1 Å². The van der Waals surface area contributed by atoms with Crippen molar-refractivity contribution >= 4 is 17.1 Å². The maximum atomic E-state index is 11.1. The summed E-state index contributed by atoms with van der Waals surface area (Å²) in [5.74, 6) is 0.122. The van der Waals surface area contributed by atoms with Gasteiger partial charge in [0.1, 0.15) is 0 Å². The number of carbonyl (C=O) groups is 1. The van der Waals surface area contributed by atoms with E-state index in [2.05, 4.69) is 6.07 Å². The SMILES string of the molecule is CC(=O)c1cc(-c2[c]cccc2)cs1. The van der Waals surface area contributed by atoms with Gasteiger partial charge in [0.25, 0.3) is 0 Å². The molecule has 0 spiro atoms. The summed E-state index contributed by atoms with van der Waals surface area (Å²) in [6, 6.07) is 12.8. The molecule has 0 N–H and O–H groups in total. The summed E-state index contributed by atoms with van der Waals surface area (Å²) < 4.78 is 0. The average molecular weight is 201 g/mol. The van der Waals surface area contributed by atoms with E-state index in [1.54, 1.807) is 6.92 Å². The summed E-state index contributed by atoms with van der Waals surface area (Å²) in [5.41, 5.74) is 2.11. The molecule has 1 heterocycles. The molecule has 1 aromatic carbocycles. The van der Waals surface area contributed by atoms with Gasteiger partial charge >= 0.3 is 0 Å². The van der Waals surface area contributed by atoms with Crippen LogP contribution in [0.2, 0.25) is 0 Å². The molecule has 0 aliphatic carbocycles. The molecule has 0 amide bonds. The normalized spacial score (nSPS) is 10.1. The fourth-order valence-electron chi connectivity index (χ4n) is 1.23. The van der Waals surface area contributed by atoms with Crippen LogP contribution in [0.1, 0.15) is 16.6 Å². The third-order valence-electron chi connectivity index (χ3n) is 1.97. The van der Waals surface area contributed by atoms with Crippen LogP contribution in [0.5, 0.6) is 0 Å². The number of Topliss-reactive ketones (excluding diaryl/α,β-unsaturated/α-hetero) is 1. The van der Waals surface area contributed by atoms with Crippen molar-refractivity contribution in [2.45, 2.75) is 6.92 Å². The molecule has 2 heteroatoms. The Morgan fingerprint density at radius 1 is 1.43 bits per heavy atom. The van der Waals surface area contributed by atoms with Crippen LogP contribution in [0.4, 0.5) is 0 Å². The van der Waals surface area contributed by atoms with E-state index in [-0.39, 0.29) is 5.78 Å². The smallest absolute Gasteiger partial charge is 0.169 e. The van der Waals surface area contributed by atoms with Gasteiger partial charge in [0.05, 0.1) is 4.88 Å². The maximum absolute atomic E-state index is 11.1. The standard InChI is InChI=1S/C12H9OS/c1-9(13)12-7-11(8-14-12)10-5-3-2-4-6-10/h2-5,7-8H,1H3. The average Bonchev–Trinajstić information content (AvgIpc) is 2.68. The van der Waals surface area contributed by atoms with E-state index in [0.29, 0.717) is 0 Å². The number of carbonyl (C=O) groups excluding carboxylic acids is 1. The lowest BCUT2D eigenvalue weighted by atomic mass is 10.1. The molecule has 2 rings (SSSR count). The molecule has 69 valence electrons. The number of hydrogen-bond acceptors (Lipinski definition) is 2. The Hall–Kier alpha value is -1.41. The van der Waals surface area contributed by atoms with Gasteiger partial charge in [-0.2, -0.15) is 0 Å². The molecule has 0 aliphatic heterocycles. The summed E-state index contributed by atoms with van der Waals surface area (Å²) in [7, 11) is 0. The van der Waals surface area contributed by atoms with Crippen LogP contribution in [0.3, 0.4) is 0 Å². The third-order valence-corrected chi connectivity index (χ3v) is 3.00. The zero-order valence-corrected chi connectivity index (χ0v) is 8.60. The summed E-state index contributed by atoms with van der Waals surface area (Å²) in [4.78, 5) is 11.9. The Morgan fingerprint density at radius 2 is 2.29 bits per heavy atom. The van der Waals surface area contributed by atoms with E-state index in [1.807, 2.05) is 35.7 Å². The molecule has 0 unspecified atom stereocenters. The molecular formula is C12H9OS. The van der Waals surface area contributed by atoms with Crippen molar-refractivity contribution in [3.8, 4) is 11.1 Å². The van der Waals surface area contributed by atoms with E-state index in [0.717, 1.165) is 16.0 Å². The van der Waals surface area contributed by atoms with E-state index < -0.39 is 0 Å². The van der Waals surface area contributed by atoms with Crippen LogP contribution < -0.4 is 0 Å². The molecule has 1 radical (unpaired) electrons. The number of benzene rings is 1. The Labute approximate surface area is 87.0 Å². The molecule has 1 nitrogen and oxygen atoms in total. The lowest BCUT2D eigenvalue weighted by Gasteiger charge is -1.93. The maximum Gasteiger partial charge on any atom is 0.169 e. The molecule has 0 saturated heterocycles. The van der Waals surface area contributed by atoms with Gasteiger partial charge in [-0.05, 0) is 35.6 Å². The zero-order valence-electron chi connectivity index (χ0n) is 7.78. The van der Waals surface area contributed by atoms with Gasteiger partial charge in [0, 0.05) is 0 Å². The quantitative estimate of drug-likeness (QED) is 0.680. The molecule has 1 aromatic heterocycles. The van der Waals surface area contributed by atoms with Gasteiger partial charge in [-0.15, -0.1) is 11.3 Å². The molecule has 0 aliphatic rings. The first-order valence-corrected chi connectivity index (χ1v) is 5.22. The highest BCUT2D eigenvalue weighted by Crippen LogP contribution is 2.25. The van der Waals surface area contributed by atoms with E-state index in [9.17, 15) is 4.79 Å². The molecule has 0 atom stereocenters. The summed E-state index contributed by atoms with van der Waals surface area (Å²) in [6.07, 6.45) is 0. The predicted molar refractivity (Wildman–Crippen MR) is 58.6 cm³/mol. The first-order chi connectivity index (χ1) is 6.77. The number of ketones is 1. The number of hydrogen-bond donors (Lipinski definition) is 0. The molecular weight excluding hydrogens is 192 g/mol. The topological polar surface area (TPSA) is 17.1 Å². The highest BCUT2D eigenvalue weighted by Gasteiger charge is 2.04. The summed E-state index contributed by atoms with van der Waals surface area (Å²) in [6.45, 7) is 1.59. The van der Waals surface area contributed by atoms with E-state index in [1.165, 1.54) is 11.3 Å². The number of rotatable bonds is 2. The lowest BCUT2D eigenvalue weighted by molar-refractivity contribution is 0.102. The van der Waals surface area contributed by atoms with Crippen LogP contribution in [0, 0.1) is 6.07 Å². The van der Waals surface area contributed by atoms with Crippen molar-refractivity contribution in [1.82, 2.24) is 0 Å². The van der Waals surface area contributed by atoms with Gasteiger partial charge in [-0.1, -0.05) is 24.3 Å². The molecule has 14 heavy (non-hydrogen) atoms. The second kappa shape index (κ2) is 3.76. The molecule has 0 saturated carbocycles. The highest BCUT2D eigenvalue weighted by atomic mass is 32.1. The lowest BCUT2D eigenvalue weighted by Crippen LogP contribution is -1.84. The van der Waals surface area contributed by atoms with E-state index >= 15 is 0 Å². The van der Waals surface area contributed by atoms with Crippen molar-refractivity contribution in [2.75, 3.05) is 0 Å². The van der Waals surface area contributed by atoms with Crippen molar-refractivity contribution in [2.24, 2.45) is 0 Å². The predicted octanol–water partition coefficient (Wildman–Crippen LogP) is 3.42. The molecule has 2 aromatic rings. The van der Waals surface area contributed by atoms with Crippen molar-refractivity contribution < 1.29 is 4.79 Å². The van der Waals surface area contributed by atoms with Crippen LogP contribution in [-0.2, 0) is 0 Å². The second-order valence-corrected chi connectivity index (χ2v) is 3.94.